The molecule has 20 nitrogen and oxygen atoms in total. The van der Waals surface area contributed by atoms with Crippen molar-refractivity contribution < 1.29 is 67.1 Å². The summed E-state index contributed by atoms with van der Waals surface area (Å²) in [5.41, 5.74) is 13.1. The average Bonchev–Trinajstić information content (AvgIpc) is 3.37. The Hall–Kier alpha value is -4.95. The molecule has 0 aromatic carbocycles. The minimum absolute atomic E-state index is 0.0447. The Balaban J connectivity index is 1.47. The summed E-state index contributed by atoms with van der Waals surface area (Å²) < 4.78 is 33.0. The molecule has 4 amide bonds. The molecule has 0 unspecified atom stereocenters. The molecular weight excluding hydrogens is 740 g/mol. The number of nitrogens with one attached hydrogen (secondary N) is 2. The number of hydrogen-bond donors (Lipinski definition) is 5. The van der Waals surface area contributed by atoms with Crippen LogP contribution in [0.1, 0.15) is 79.6 Å². The fraction of sp³-hybridized carbons (Fsp3) is 0.694. The Kier molecular flexibility index (Phi) is 12.3. The lowest BCUT2D eigenvalue weighted by Gasteiger charge is -2.58. The molecule has 56 heavy (non-hydrogen) atoms. The van der Waals surface area contributed by atoms with E-state index in [1.807, 2.05) is 6.08 Å². The number of Topliss-reactive ketones (excluding diaryl/α,β-unsaturated/α-hetero) is 1. The summed E-state index contributed by atoms with van der Waals surface area (Å²) in [4.78, 5) is 87.2. The predicted octanol–water partition coefficient (Wildman–Crippen LogP) is 0.618. The second-order valence-corrected chi connectivity index (χ2v) is 15.4. The zero-order valence-corrected chi connectivity index (χ0v) is 32.2. The highest BCUT2D eigenvalue weighted by atomic mass is 16.7. The maximum Gasteiger partial charge on any atom is 0.339 e. The lowest BCUT2D eigenvalue weighted by Crippen LogP contribution is -2.64. The third-order valence-electron chi connectivity index (χ3n) is 12.1. The number of rotatable bonds is 10. The van der Waals surface area contributed by atoms with Crippen LogP contribution in [0.5, 0.6) is 0 Å². The number of amides is 4. The van der Waals surface area contributed by atoms with Gasteiger partial charge in [0.15, 0.2) is 30.7 Å². The van der Waals surface area contributed by atoms with Gasteiger partial charge in [0, 0.05) is 38.5 Å². The average molecular weight is 791 g/mol. The van der Waals surface area contributed by atoms with Gasteiger partial charge in [0.05, 0.1) is 25.1 Å². The van der Waals surface area contributed by atoms with Crippen LogP contribution in [0.3, 0.4) is 0 Å². The molecule has 5 rings (SSSR count). The number of fused-ring (bicyclic) bond motifs is 5. The topological polar surface area (TPSA) is 296 Å². The number of hydrazone groups is 2. The van der Waals surface area contributed by atoms with Crippen molar-refractivity contribution >= 4 is 53.1 Å². The number of ketones is 1. The maximum atomic E-state index is 14.4. The van der Waals surface area contributed by atoms with Gasteiger partial charge in [0.1, 0.15) is 11.4 Å². The molecule has 11 atom stereocenters. The van der Waals surface area contributed by atoms with Gasteiger partial charge >= 0.3 is 35.9 Å². The van der Waals surface area contributed by atoms with E-state index in [-0.39, 0.29) is 42.1 Å². The zero-order valence-electron chi connectivity index (χ0n) is 32.2. The molecular formula is C36H50N6O14. The number of ether oxygens (including phenoxy) is 6. The molecule has 1 heterocycles. The van der Waals surface area contributed by atoms with E-state index in [1.54, 1.807) is 6.92 Å². The van der Waals surface area contributed by atoms with Crippen LogP contribution in [0.2, 0.25) is 0 Å². The molecule has 0 spiro atoms. The second-order valence-electron chi connectivity index (χ2n) is 15.4. The van der Waals surface area contributed by atoms with Gasteiger partial charge in [-0.1, -0.05) is 19.4 Å². The molecule has 0 bridgehead atoms. The summed E-state index contributed by atoms with van der Waals surface area (Å²) in [5, 5.41) is 21.0. The highest BCUT2D eigenvalue weighted by Crippen LogP contribution is 2.66. The first-order valence-corrected chi connectivity index (χ1v) is 18.3. The van der Waals surface area contributed by atoms with Crippen LogP contribution < -0.4 is 22.3 Å². The SMILES string of the molecule is COC(=O)[C@H]1O[C@H](OC/C(=N\NC(N)=O)[C@]2(O)CC[C@@H]3[C@H]4CCC5=C/C(=N\NC(N)=O)CC[C@]5(C)[C@@H]4C(=O)C[C@]32C)[C@@H](OC(C)=O)[C@H](OC(C)=O)[C@H]1OC(C)=O. The quantitative estimate of drug-likeness (QED) is 0.0878. The largest absolute Gasteiger partial charge is 0.467 e. The predicted molar refractivity (Wildman–Crippen MR) is 191 cm³/mol. The molecule has 1 saturated heterocycles. The number of carbonyl (C=O) groups is 7. The first-order valence-electron chi connectivity index (χ1n) is 18.3. The van der Waals surface area contributed by atoms with Gasteiger partial charge in [-0.3, -0.25) is 19.2 Å². The number of primary amides is 2. The number of nitrogens with zero attached hydrogens (tertiary/aromatic N) is 2. The number of nitrogens with two attached hydrogens (primary N) is 2. The van der Waals surface area contributed by atoms with Gasteiger partial charge in [-0.25, -0.2) is 25.2 Å². The lowest BCUT2D eigenvalue weighted by molar-refractivity contribution is -0.298. The van der Waals surface area contributed by atoms with E-state index in [9.17, 15) is 38.7 Å². The first kappa shape index (κ1) is 42.2. The van der Waals surface area contributed by atoms with Crippen molar-refractivity contribution in [1.29, 1.82) is 0 Å². The molecule has 4 aliphatic carbocycles. The Morgan fingerprint density at radius 3 is 2.14 bits per heavy atom. The normalized spacial score (nSPS) is 37.1. The summed E-state index contributed by atoms with van der Waals surface area (Å²) in [6, 6.07) is -1.84. The number of urea groups is 2. The molecule has 308 valence electrons. The second kappa shape index (κ2) is 16.3. The Bertz CT molecular complexity index is 1750. The Labute approximate surface area is 322 Å². The van der Waals surface area contributed by atoms with Gasteiger partial charge in [0.25, 0.3) is 0 Å². The smallest absolute Gasteiger partial charge is 0.339 e. The standard InChI is InChI=1S/C36H50N6O14/c1-16(43)53-26-27(54-17(2)44)29(55-18(3)45)31(56-28(26)30(47)51-6)52-15-24(40-42-33(38)49)36(50)12-10-22-21-8-7-19-13-20(39-41-32(37)48)9-11-34(19,4)25(21)23(46)14-35(22,36)5/h13,21-22,25-29,31,50H,7-12,14-15H2,1-6H3,(H3,37,41,48)(H3,38,42,49)/b39-20-,40-24+/t21-,22-,25+,26-,27-,28+,29+,31+,34+,35-,36-/m1/s1. The Morgan fingerprint density at radius 1 is 0.911 bits per heavy atom. The monoisotopic (exact) mass is 790 g/mol. The summed E-state index contributed by atoms with van der Waals surface area (Å²) in [6.07, 6.45) is -3.46. The summed E-state index contributed by atoms with van der Waals surface area (Å²) in [7, 11) is 1.04. The fourth-order valence-electron chi connectivity index (χ4n) is 9.83. The van der Waals surface area contributed by atoms with Crippen LogP contribution in [0.25, 0.3) is 0 Å². The van der Waals surface area contributed by atoms with E-state index in [2.05, 4.69) is 28.0 Å². The minimum atomic E-state index is -1.87. The molecule has 0 aromatic heterocycles. The number of methoxy groups -OCH3 is 1. The van der Waals surface area contributed by atoms with E-state index in [4.69, 9.17) is 39.9 Å². The van der Waals surface area contributed by atoms with Crippen LogP contribution in [-0.2, 0) is 52.4 Å². The minimum Gasteiger partial charge on any atom is -0.467 e. The van der Waals surface area contributed by atoms with Crippen molar-refractivity contribution in [2.75, 3.05) is 13.7 Å². The van der Waals surface area contributed by atoms with Crippen molar-refractivity contribution in [3.05, 3.63) is 11.6 Å². The van der Waals surface area contributed by atoms with E-state index in [0.29, 0.717) is 37.8 Å². The maximum absolute atomic E-state index is 14.4. The Morgan fingerprint density at radius 2 is 1.54 bits per heavy atom. The number of aliphatic hydroxyl groups is 1. The van der Waals surface area contributed by atoms with Crippen molar-refractivity contribution in [1.82, 2.24) is 10.9 Å². The molecule has 5 aliphatic rings. The van der Waals surface area contributed by atoms with Gasteiger partial charge < -0.3 is 45.0 Å². The highest BCUT2D eigenvalue weighted by molar-refractivity contribution is 5.99. The number of allylic oxidation sites excluding steroid dienone is 2. The van der Waals surface area contributed by atoms with Crippen LogP contribution >= 0.6 is 0 Å². The molecule has 0 aromatic rings. The van der Waals surface area contributed by atoms with Crippen molar-refractivity contribution in [2.45, 2.75) is 116 Å². The molecule has 1 aliphatic heterocycles. The molecule has 20 heteroatoms. The van der Waals surface area contributed by atoms with Crippen molar-refractivity contribution in [3.8, 4) is 0 Å². The zero-order chi connectivity index (χ0) is 41.3. The van der Waals surface area contributed by atoms with Gasteiger partial charge in [0.2, 0.25) is 0 Å². The van der Waals surface area contributed by atoms with E-state index in [1.165, 1.54) is 0 Å². The number of carbonyl (C=O) groups excluding carboxylic acids is 7. The molecule has 3 saturated carbocycles. The van der Waals surface area contributed by atoms with Crippen molar-refractivity contribution in [3.63, 3.8) is 0 Å². The van der Waals surface area contributed by atoms with Crippen molar-refractivity contribution in [2.24, 2.45) is 50.3 Å². The summed E-state index contributed by atoms with van der Waals surface area (Å²) in [5.74, 6) is -4.40. The third kappa shape index (κ3) is 7.99. The van der Waals surface area contributed by atoms with E-state index >= 15 is 0 Å². The first-order chi connectivity index (χ1) is 26.2. The molecule has 7 N–H and O–H groups in total. The van der Waals surface area contributed by atoms with Crippen LogP contribution in [-0.4, -0.2) is 108 Å². The molecule has 4 fully saturated rings. The van der Waals surface area contributed by atoms with Crippen LogP contribution in [0.15, 0.2) is 21.9 Å². The number of esters is 4. The number of hydrogen-bond acceptors (Lipinski definition) is 16. The lowest BCUT2D eigenvalue weighted by atomic mass is 9.46. The van der Waals surface area contributed by atoms with Gasteiger partial charge in [-0.05, 0) is 61.9 Å². The molecule has 0 radical (unpaired) electrons. The highest BCUT2D eigenvalue weighted by Gasteiger charge is 2.68. The van der Waals surface area contributed by atoms with E-state index < -0.39 is 89.7 Å². The third-order valence-corrected chi connectivity index (χ3v) is 12.1. The summed E-state index contributed by atoms with van der Waals surface area (Å²) >= 11 is 0. The van der Waals surface area contributed by atoms with E-state index in [0.717, 1.165) is 33.5 Å². The fourth-order valence-corrected chi connectivity index (χ4v) is 9.83. The van der Waals surface area contributed by atoms with Crippen LogP contribution in [0, 0.1) is 28.6 Å². The summed E-state index contributed by atoms with van der Waals surface area (Å²) in [6.45, 7) is 6.38. The van der Waals surface area contributed by atoms with Gasteiger partial charge in [-0.15, -0.1) is 0 Å². The van der Waals surface area contributed by atoms with Crippen LogP contribution in [0.4, 0.5) is 9.59 Å². The van der Waals surface area contributed by atoms with Gasteiger partial charge in [-0.2, -0.15) is 10.2 Å².